The molecule has 0 aliphatic carbocycles. The van der Waals surface area contributed by atoms with E-state index in [9.17, 15) is 13.2 Å². The number of hydrogen-bond donors (Lipinski definition) is 0. The molecule has 0 radical (unpaired) electrons. The number of alkyl halides is 5. The maximum Gasteiger partial charge on any atom is 0.425 e. The predicted octanol–water partition coefficient (Wildman–Crippen LogP) is 5.19. The van der Waals surface area contributed by atoms with Crippen LogP contribution in [0, 0.1) is 0 Å². The fourth-order valence-corrected chi connectivity index (χ4v) is 1.75. The number of rotatable bonds is 1. The topological polar surface area (TPSA) is 0 Å². The summed E-state index contributed by atoms with van der Waals surface area (Å²) in [5, 5.41) is -0.342. The van der Waals surface area contributed by atoms with Gasteiger partial charge in [0.05, 0.1) is 10.0 Å². The Hall–Kier alpha value is 0.170. The van der Waals surface area contributed by atoms with Crippen molar-refractivity contribution in [3.05, 3.63) is 33.8 Å². The molecule has 0 nitrogen and oxygen atoms in total. The molecule has 0 spiro atoms. The zero-order chi connectivity index (χ0) is 11.9. The molecule has 0 N–H and O–H groups in total. The van der Waals surface area contributed by atoms with Crippen molar-refractivity contribution in [2.75, 3.05) is 0 Å². The third kappa shape index (κ3) is 2.47. The molecule has 0 amide bonds. The molecule has 0 saturated carbocycles. The lowest BCUT2D eigenvalue weighted by atomic mass is 10.1. The van der Waals surface area contributed by atoms with Crippen LogP contribution in [0.1, 0.15) is 5.56 Å². The van der Waals surface area contributed by atoms with Gasteiger partial charge in [0.25, 0.3) is 0 Å². The molecule has 0 heterocycles. The fraction of sp³-hybridized carbons (Fsp3) is 0.250. The van der Waals surface area contributed by atoms with Crippen LogP contribution in [0.15, 0.2) is 18.2 Å². The zero-order valence-corrected chi connectivity index (χ0v) is 9.90. The molecule has 0 aromatic heterocycles. The van der Waals surface area contributed by atoms with Gasteiger partial charge in [0.1, 0.15) is 0 Å². The first-order valence-electron chi connectivity index (χ1n) is 3.57. The highest BCUT2D eigenvalue weighted by Crippen LogP contribution is 2.51. The monoisotopic (exact) mass is 296 g/mol. The van der Waals surface area contributed by atoms with Gasteiger partial charge in [-0.25, -0.2) is 0 Å². The minimum atomic E-state index is -4.83. The summed E-state index contributed by atoms with van der Waals surface area (Å²) in [7, 11) is 0. The van der Waals surface area contributed by atoms with Gasteiger partial charge in [0.15, 0.2) is 0 Å². The third-order valence-corrected chi connectivity index (χ3v) is 3.30. The van der Waals surface area contributed by atoms with E-state index in [0.29, 0.717) is 0 Å². The second kappa shape index (κ2) is 4.21. The molecule has 84 valence electrons. The molecule has 15 heavy (non-hydrogen) atoms. The van der Waals surface area contributed by atoms with Gasteiger partial charge in [-0.2, -0.15) is 13.2 Å². The van der Waals surface area contributed by atoms with Crippen molar-refractivity contribution in [2.24, 2.45) is 0 Å². The van der Waals surface area contributed by atoms with Crippen LogP contribution in [0.2, 0.25) is 10.0 Å². The van der Waals surface area contributed by atoms with E-state index in [1.807, 2.05) is 0 Å². The largest absolute Gasteiger partial charge is 0.425 e. The van der Waals surface area contributed by atoms with Crippen LogP contribution in [0.4, 0.5) is 13.2 Å². The Morgan fingerprint density at radius 2 is 1.53 bits per heavy atom. The highest BCUT2D eigenvalue weighted by atomic mass is 35.5. The SMILES string of the molecule is FC(F)(F)C(Cl)(Cl)c1cccc(Cl)c1Cl. The van der Waals surface area contributed by atoms with Gasteiger partial charge in [0.2, 0.25) is 4.33 Å². The summed E-state index contributed by atoms with van der Waals surface area (Å²) in [5.74, 6) is 0. The Morgan fingerprint density at radius 1 is 1.00 bits per heavy atom. The summed E-state index contributed by atoms with van der Waals surface area (Å²) >= 11 is 21.6. The Morgan fingerprint density at radius 3 is 2.00 bits per heavy atom. The maximum atomic E-state index is 12.5. The fourth-order valence-electron chi connectivity index (χ4n) is 0.899. The van der Waals surface area contributed by atoms with E-state index in [-0.39, 0.29) is 10.0 Å². The number of hydrogen-bond acceptors (Lipinski definition) is 0. The van der Waals surface area contributed by atoms with Gasteiger partial charge in [-0.05, 0) is 6.07 Å². The van der Waals surface area contributed by atoms with Crippen molar-refractivity contribution >= 4 is 46.4 Å². The molecule has 0 unspecified atom stereocenters. The lowest BCUT2D eigenvalue weighted by Crippen LogP contribution is -2.31. The van der Waals surface area contributed by atoms with E-state index >= 15 is 0 Å². The first-order chi connectivity index (χ1) is 6.68. The van der Waals surface area contributed by atoms with Crippen molar-refractivity contribution in [3.63, 3.8) is 0 Å². The second-order valence-corrected chi connectivity index (χ2v) is 4.79. The molecule has 0 aliphatic rings. The summed E-state index contributed by atoms with van der Waals surface area (Å²) in [6, 6.07) is 3.70. The van der Waals surface area contributed by atoms with Crippen LogP contribution in [0.25, 0.3) is 0 Å². The number of halogens is 7. The lowest BCUT2D eigenvalue weighted by molar-refractivity contribution is -0.143. The maximum absolute atomic E-state index is 12.5. The van der Waals surface area contributed by atoms with Crippen LogP contribution in [0.5, 0.6) is 0 Å². The van der Waals surface area contributed by atoms with Gasteiger partial charge in [0, 0.05) is 5.56 Å². The molecule has 0 fully saturated rings. The third-order valence-electron chi connectivity index (χ3n) is 1.65. The zero-order valence-electron chi connectivity index (χ0n) is 6.88. The van der Waals surface area contributed by atoms with E-state index in [0.717, 1.165) is 6.07 Å². The van der Waals surface area contributed by atoms with Gasteiger partial charge in [-0.1, -0.05) is 58.5 Å². The normalized spacial score (nSPS) is 13.0. The van der Waals surface area contributed by atoms with Gasteiger partial charge >= 0.3 is 6.18 Å². The predicted molar refractivity (Wildman–Crippen MR) is 55.9 cm³/mol. The smallest absolute Gasteiger partial charge is 0.167 e. The minimum absolute atomic E-state index is 0.0379. The molecule has 0 saturated heterocycles. The second-order valence-electron chi connectivity index (χ2n) is 2.67. The highest BCUT2D eigenvalue weighted by Gasteiger charge is 2.55. The van der Waals surface area contributed by atoms with Crippen molar-refractivity contribution in [1.82, 2.24) is 0 Å². The summed E-state index contributed by atoms with van der Waals surface area (Å²) in [6.07, 6.45) is -4.83. The Labute approximate surface area is 104 Å². The Kier molecular flexibility index (Phi) is 3.71. The Bertz CT molecular complexity index is 373. The average molecular weight is 298 g/mol. The summed E-state index contributed by atoms with van der Waals surface area (Å²) < 4.78 is 34.3. The van der Waals surface area contributed by atoms with Crippen molar-refractivity contribution < 1.29 is 13.2 Å². The molecule has 0 atom stereocenters. The van der Waals surface area contributed by atoms with Crippen molar-refractivity contribution in [2.45, 2.75) is 10.5 Å². The van der Waals surface area contributed by atoms with Crippen LogP contribution in [0.3, 0.4) is 0 Å². The molecule has 1 aromatic carbocycles. The van der Waals surface area contributed by atoms with E-state index in [4.69, 9.17) is 46.4 Å². The van der Waals surface area contributed by atoms with E-state index < -0.39 is 16.1 Å². The van der Waals surface area contributed by atoms with Crippen LogP contribution in [-0.2, 0) is 4.33 Å². The molecular formula is C8H3Cl4F3. The molecule has 1 rings (SSSR count). The van der Waals surface area contributed by atoms with Crippen LogP contribution < -0.4 is 0 Å². The molecule has 7 heteroatoms. The van der Waals surface area contributed by atoms with Gasteiger partial charge in [-0.3, -0.25) is 0 Å². The van der Waals surface area contributed by atoms with E-state index in [2.05, 4.69) is 0 Å². The van der Waals surface area contributed by atoms with E-state index in [1.54, 1.807) is 0 Å². The molecular weight excluding hydrogens is 295 g/mol. The molecule has 0 bridgehead atoms. The Balaban J connectivity index is 3.34. The van der Waals surface area contributed by atoms with Crippen LogP contribution >= 0.6 is 46.4 Å². The lowest BCUT2D eigenvalue weighted by Gasteiger charge is -2.24. The average Bonchev–Trinajstić information content (AvgIpc) is 2.07. The summed E-state index contributed by atoms with van der Waals surface area (Å²) in [4.78, 5) is 0. The summed E-state index contributed by atoms with van der Waals surface area (Å²) in [5.41, 5.74) is -0.479. The number of benzene rings is 1. The first-order valence-corrected chi connectivity index (χ1v) is 5.08. The minimum Gasteiger partial charge on any atom is -0.167 e. The highest BCUT2D eigenvalue weighted by molar-refractivity contribution is 6.51. The van der Waals surface area contributed by atoms with Gasteiger partial charge < -0.3 is 0 Å². The van der Waals surface area contributed by atoms with Crippen LogP contribution in [-0.4, -0.2) is 6.18 Å². The van der Waals surface area contributed by atoms with Crippen molar-refractivity contribution in [1.29, 1.82) is 0 Å². The first kappa shape index (κ1) is 13.2. The van der Waals surface area contributed by atoms with E-state index in [1.165, 1.54) is 12.1 Å². The quantitative estimate of drug-likeness (QED) is 0.626. The van der Waals surface area contributed by atoms with Gasteiger partial charge in [-0.15, -0.1) is 0 Å². The standard InChI is InChI=1S/C8H3Cl4F3/c9-5-3-1-2-4(6(5)10)7(11,12)8(13,14)15/h1-3H. The van der Waals surface area contributed by atoms with Crippen molar-refractivity contribution in [3.8, 4) is 0 Å². The molecule has 0 aliphatic heterocycles. The molecule has 1 aromatic rings. The summed E-state index contributed by atoms with van der Waals surface area (Å²) in [6.45, 7) is 0.